The standard InChI is InChI=1S/C11H13N3OS/c12-9(16)11(5-3-6-11)10(15)14-8-4-1-2-7-13-8/h1-2,4,7H,3,5-6H2,(H2,12,16)(H,13,14,15). The Labute approximate surface area is 99.2 Å². The fraction of sp³-hybridized carbons (Fsp3) is 0.364. The number of aromatic nitrogens is 1. The fourth-order valence-electron chi connectivity index (χ4n) is 1.79. The van der Waals surface area contributed by atoms with Gasteiger partial charge in [-0.3, -0.25) is 4.79 Å². The summed E-state index contributed by atoms with van der Waals surface area (Å²) in [4.78, 5) is 16.4. The number of anilines is 1. The third kappa shape index (κ3) is 1.78. The average Bonchev–Trinajstić information content (AvgIpc) is 2.16. The van der Waals surface area contributed by atoms with Gasteiger partial charge < -0.3 is 11.1 Å². The average molecular weight is 235 g/mol. The minimum Gasteiger partial charge on any atom is -0.392 e. The van der Waals surface area contributed by atoms with Gasteiger partial charge in [0.05, 0.1) is 10.4 Å². The molecule has 1 aliphatic rings. The summed E-state index contributed by atoms with van der Waals surface area (Å²) in [6.07, 6.45) is 4.10. The molecule has 0 radical (unpaired) electrons. The van der Waals surface area contributed by atoms with Gasteiger partial charge in [-0.1, -0.05) is 24.7 Å². The van der Waals surface area contributed by atoms with Crippen molar-refractivity contribution < 1.29 is 4.79 Å². The maximum atomic E-state index is 12.0. The van der Waals surface area contributed by atoms with Crippen molar-refractivity contribution in [3.05, 3.63) is 24.4 Å². The van der Waals surface area contributed by atoms with Crippen LogP contribution in [0.3, 0.4) is 0 Å². The molecule has 84 valence electrons. The fourth-order valence-corrected chi connectivity index (χ4v) is 2.09. The van der Waals surface area contributed by atoms with Gasteiger partial charge in [-0.2, -0.15) is 0 Å². The van der Waals surface area contributed by atoms with Crippen molar-refractivity contribution in [1.29, 1.82) is 0 Å². The van der Waals surface area contributed by atoms with Crippen LogP contribution in [0.1, 0.15) is 19.3 Å². The highest BCUT2D eigenvalue weighted by molar-refractivity contribution is 7.80. The molecule has 0 unspecified atom stereocenters. The highest BCUT2D eigenvalue weighted by atomic mass is 32.1. The van der Waals surface area contributed by atoms with Crippen LogP contribution < -0.4 is 11.1 Å². The summed E-state index contributed by atoms with van der Waals surface area (Å²) in [6.45, 7) is 0. The van der Waals surface area contributed by atoms with Gasteiger partial charge in [-0.25, -0.2) is 4.98 Å². The molecule has 0 atom stereocenters. The van der Waals surface area contributed by atoms with Crippen LogP contribution in [0.4, 0.5) is 5.82 Å². The molecule has 0 aliphatic heterocycles. The molecule has 1 aromatic heterocycles. The lowest BCUT2D eigenvalue weighted by Crippen LogP contribution is -2.50. The second-order valence-electron chi connectivity index (χ2n) is 3.97. The number of hydrogen-bond donors (Lipinski definition) is 2. The largest absolute Gasteiger partial charge is 0.392 e. The molecule has 1 aromatic rings. The van der Waals surface area contributed by atoms with Crippen molar-refractivity contribution in [3.63, 3.8) is 0 Å². The van der Waals surface area contributed by atoms with E-state index in [4.69, 9.17) is 18.0 Å². The van der Waals surface area contributed by atoms with Crippen molar-refractivity contribution in [2.75, 3.05) is 5.32 Å². The number of hydrogen-bond acceptors (Lipinski definition) is 3. The molecule has 0 aromatic carbocycles. The van der Waals surface area contributed by atoms with Gasteiger partial charge in [0.25, 0.3) is 0 Å². The van der Waals surface area contributed by atoms with E-state index in [1.165, 1.54) is 0 Å². The monoisotopic (exact) mass is 235 g/mol. The molecule has 1 saturated carbocycles. The molecule has 2 rings (SSSR count). The SMILES string of the molecule is NC(=S)C1(C(=O)Nc2ccccn2)CCC1. The number of nitrogens with two attached hydrogens (primary N) is 1. The first-order valence-corrected chi connectivity index (χ1v) is 5.58. The highest BCUT2D eigenvalue weighted by Crippen LogP contribution is 2.42. The van der Waals surface area contributed by atoms with Crippen molar-refractivity contribution in [2.45, 2.75) is 19.3 Å². The van der Waals surface area contributed by atoms with E-state index < -0.39 is 5.41 Å². The van der Waals surface area contributed by atoms with Crippen LogP contribution in [0, 0.1) is 5.41 Å². The summed E-state index contributed by atoms with van der Waals surface area (Å²) in [6, 6.07) is 5.35. The molecular formula is C11H13N3OS. The van der Waals surface area contributed by atoms with Crippen molar-refractivity contribution in [3.8, 4) is 0 Å². The number of thiocarbonyl (C=S) groups is 1. The molecule has 0 bridgehead atoms. The minimum absolute atomic E-state index is 0.134. The van der Waals surface area contributed by atoms with Gasteiger partial charge in [-0.05, 0) is 25.0 Å². The van der Waals surface area contributed by atoms with Crippen molar-refractivity contribution >= 4 is 28.9 Å². The maximum absolute atomic E-state index is 12.0. The Kier molecular flexibility index (Phi) is 2.87. The quantitative estimate of drug-likeness (QED) is 0.779. The van der Waals surface area contributed by atoms with Gasteiger partial charge in [-0.15, -0.1) is 0 Å². The molecular weight excluding hydrogens is 222 g/mol. The van der Waals surface area contributed by atoms with Crippen LogP contribution >= 0.6 is 12.2 Å². The third-order valence-corrected chi connectivity index (χ3v) is 3.41. The van der Waals surface area contributed by atoms with E-state index in [-0.39, 0.29) is 10.9 Å². The number of carbonyl (C=O) groups is 1. The lowest BCUT2D eigenvalue weighted by Gasteiger charge is -2.38. The Morgan fingerprint density at radius 3 is 2.69 bits per heavy atom. The van der Waals surface area contributed by atoms with Gasteiger partial charge >= 0.3 is 0 Å². The van der Waals surface area contributed by atoms with E-state index in [9.17, 15) is 4.79 Å². The van der Waals surface area contributed by atoms with Crippen LogP contribution in [0.15, 0.2) is 24.4 Å². The number of nitrogens with one attached hydrogen (secondary N) is 1. The highest BCUT2D eigenvalue weighted by Gasteiger charge is 2.47. The maximum Gasteiger partial charge on any atom is 0.238 e. The lowest BCUT2D eigenvalue weighted by molar-refractivity contribution is -0.125. The van der Waals surface area contributed by atoms with E-state index in [1.807, 2.05) is 6.07 Å². The number of pyridine rings is 1. The Morgan fingerprint density at radius 2 is 2.25 bits per heavy atom. The summed E-state index contributed by atoms with van der Waals surface area (Å²) in [5.41, 5.74) is 4.99. The van der Waals surface area contributed by atoms with Crippen molar-refractivity contribution in [1.82, 2.24) is 4.98 Å². The van der Waals surface area contributed by atoms with Crippen LogP contribution in [-0.4, -0.2) is 15.9 Å². The summed E-state index contributed by atoms with van der Waals surface area (Å²) in [5.74, 6) is 0.403. The van der Waals surface area contributed by atoms with E-state index in [2.05, 4.69) is 10.3 Å². The van der Waals surface area contributed by atoms with Crippen LogP contribution in [0.5, 0.6) is 0 Å². The lowest BCUT2D eigenvalue weighted by atomic mass is 9.68. The zero-order valence-corrected chi connectivity index (χ0v) is 9.59. The Bertz CT molecular complexity index is 414. The molecule has 4 nitrogen and oxygen atoms in total. The topological polar surface area (TPSA) is 68.0 Å². The minimum atomic E-state index is -0.646. The number of amides is 1. The van der Waals surface area contributed by atoms with Crippen LogP contribution in [0.25, 0.3) is 0 Å². The molecule has 1 fully saturated rings. The Morgan fingerprint density at radius 1 is 1.50 bits per heavy atom. The van der Waals surface area contributed by atoms with Crippen molar-refractivity contribution in [2.24, 2.45) is 11.1 Å². The zero-order chi connectivity index (χ0) is 11.6. The molecule has 0 spiro atoms. The Hall–Kier alpha value is -1.49. The molecule has 3 N–H and O–H groups in total. The predicted octanol–water partition coefficient (Wildman–Crippen LogP) is 1.48. The van der Waals surface area contributed by atoms with E-state index in [0.29, 0.717) is 5.82 Å². The van der Waals surface area contributed by atoms with Gasteiger partial charge in [0.2, 0.25) is 5.91 Å². The zero-order valence-electron chi connectivity index (χ0n) is 8.77. The first-order chi connectivity index (χ1) is 7.65. The third-order valence-electron chi connectivity index (χ3n) is 3.02. The number of nitrogens with zero attached hydrogens (tertiary/aromatic N) is 1. The molecule has 16 heavy (non-hydrogen) atoms. The van der Waals surface area contributed by atoms with Gasteiger partial charge in [0, 0.05) is 6.20 Å². The van der Waals surface area contributed by atoms with Gasteiger partial charge in [0.15, 0.2) is 0 Å². The molecule has 0 saturated heterocycles. The normalized spacial score (nSPS) is 17.2. The summed E-state index contributed by atoms with van der Waals surface area (Å²) in [5, 5.41) is 2.75. The van der Waals surface area contributed by atoms with E-state index in [1.54, 1.807) is 18.3 Å². The van der Waals surface area contributed by atoms with Gasteiger partial charge in [0.1, 0.15) is 5.82 Å². The molecule has 5 heteroatoms. The smallest absolute Gasteiger partial charge is 0.238 e. The molecule has 1 aliphatic carbocycles. The van der Waals surface area contributed by atoms with Crippen LogP contribution in [-0.2, 0) is 4.79 Å². The number of rotatable bonds is 3. The van der Waals surface area contributed by atoms with E-state index >= 15 is 0 Å². The first kappa shape index (κ1) is 11.0. The Balaban J connectivity index is 2.11. The second kappa shape index (κ2) is 4.17. The predicted molar refractivity (Wildman–Crippen MR) is 65.9 cm³/mol. The van der Waals surface area contributed by atoms with Crippen LogP contribution in [0.2, 0.25) is 0 Å². The number of carbonyl (C=O) groups excluding carboxylic acids is 1. The summed E-state index contributed by atoms with van der Waals surface area (Å²) < 4.78 is 0. The first-order valence-electron chi connectivity index (χ1n) is 5.17. The second-order valence-corrected chi connectivity index (χ2v) is 4.41. The molecule has 1 amide bonds. The molecule has 1 heterocycles. The summed E-state index contributed by atoms with van der Waals surface area (Å²) in [7, 11) is 0. The summed E-state index contributed by atoms with van der Waals surface area (Å²) >= 11 is 4.97. The van der Waals surface area contributed by atoms with E-state index in [0.717, 1.165) is 19.3 Å².